The monoisotopic (exact) mass is 266 g/mol. The number of carbonyl (C=O) groups is 1. The Kier molecular flexibility index (Phi) is 4.58. The van der Waals surface area contributed by atoms with Crippen LogP contribution in [-0.4, -0.2) is 11.6 Å². The third-order valence-electron chi connectivity index (χ3n) is 5.70. The molecule has 0 aromatic rings. The molecule has 0 amide bonds. The molecule has 2 aliphatic rings. The lowest BCUT2D eigenvalue weighted by atomic mass is 9.72. The fraction of sp³-hybridized carbons (Fsp3) is 0.941. The number of hydrogen-bond donors (Lipinski definition) is 0. The summed E-state index contributed by atoms with van der Waals surface area (Å²) in [7, 11) is 0. The van der Waals surface area contributed by atoms with E-state index < -0.39 is 0 Å². The van der Waals surface area contributed by atoms with Crippen LogP contribution in [0.2, 0.25) is 0 Å². The Morgan fingerprint density at radius 1 is 1.11 bits per heavy atom. The second kappa shape index (κ2) is 5.85. The number of carbonyl (C=O) groups excluding carboxylic acids is 1. The van der Waals surface area contributed by atoms with E-state index in [-0.39, 0.29) is 17.5 Å². The number of ether oxygens (including phenoxy) is 1. The van der Waals surface area contributed by atoms with Crippen molar-refractivity contribution >= 4 is 5.97 Å². The summed E-state index contributed by atoms with van der Waals surface area (Å²) in [5.74, 6) is 0.0727. The van der Waals surface area contributed by atoms with Gasteiger partial charge in [0.1, 0.15) is 5.60 Å². The largest absolute Gasteiger partial charge is 0.459 e. The molecule has 0 bridgehead atoms. The molecule has 19 heavy (non-hydrogen) atoms. The summed E-state index contributed by atoms with van der Waals surface area (Å²) in [6, 6.07) is 0. The SMILES string of the molecule is CCC(C)C(=O)OC1(CC)CCC2(CCCCC2)C1. The molecule has 1 spiro atoms. The van der Waals surface area contributed by atoms with Gasteiger partial charge in [-0.25, -0.2) is 0 Å². The molecular weight excluding hydrogens is 236 g/mol. The summed E-state index contributed by atoms with van der Waals surface area (Å²) >= 11 is 0. The highest BCUT2D eigenvalue weighted by atomic mass is 16.6. The predicted molar refractivity (Wildman–Crippen MR) is 77.9 cm³/mol. The van der Waals surface area contributed by atoms with E-state index >= 15 is 0 Å². The molecule has 0 aromatic heterocycles. The maximum Gasteiger partial charge on any atom is 0.309 e. The average molecular weight is 266 g/mol. The van der Waals surface area contributed by atoms with E-state index in [1.807, 2.05) is 6.92 Å². The van der Waals surface area contributed by atoms with Gasteiger partial charge >= 0.3 is 5.97 Å². The van der Waals surface area contributed by atoms with E-state index in [4.69, 9.17) is 4.74 Å². The lowest BCUT2D eigenvalue weighted by molar-refractivity contribution is -0.165. The van der Waals surface area contributed by atoms with Gasteiger partial charge in [-0.15, -0.1) is 0 Å². The average Bonchev–Trinajstić information content (AvgIpc) is 2.78. The molecule has 2 aliphatic carbocycles. The van der Waals surface area contributed by atoms with Crippen LogP contribution in [0.5, 0.6) is 0 Å². The third kappa shape index (κ3) is 3.14. The molecule has 2 rings (SSSR count). The van der Waals surface area contributed by atoms with Gasteiger partial charge in [0.25, 0.3) is 0 Å². The Hall–Kier alpha value is -0.530. The highest BCUT2D eigenvalue weighted by Crippen LogP contribution is 2.55. The maximum atomic E-state index is 12.1. The van der Waals surface area contributed by atoms with Gasteiger partial charge in [0.15, 0.2) is 0 Å². The van der Waals surface area contributed by atoms with E-state index in [9.17, 15) is 4.79 Å². The van der Waals surface area contributed by atoms with Gasteiger partial charge in [-0.05, 0) is 50.4 Å². The lowest BCUT2D eigenvalue weighted by Gasteiger charge is -2.36. The number of esters is 1. The van der Waals surface area contributed by atoms with Gasteiger partial charge in [-0.3, -0.25) is 4.79 Å². The number of rotatable bonds is 4. The van der Waals surface area contributed by atoms with Crippen LogP contribution in [0.1, 0.15) is 85.0 Å². The minimum Gasteiger partial charge on any atom is -0.459 e. The molecule has 0 aliphatic heterocycles. The molecule has 0 radical (unpaired) electrons. The first-order valence-corrected chi connectivity index (χ1v) is 8.28. The van der Waals surface area contributed by atoms with Crippen LogP contribution in [0.3, 0.4) is 0 Å². The van der Waals surface area contributed by atoms with E-state index in [0.29, 0.717) is 5.41 Å². The van der Waals surface area contributed by atoms with Gasteiger partial charge in [0, 0.05) is 0 Å². The first-order chi connectivity index (χ1) is 9.05. The molecule has 2 unspecified atom stereocenters. The molecule has 0 heterocycles. The zero-order valence-corrected chi connectivity index (χ0v) is 13.0. The van der Waals surface area contributed by atoms with Crippen molar-refractivity contribution in [3.8, 4) is 0 Å². The molecule has 0 aromatic carbocycles. The van der Waals surface area contributed by atoms with Gasteiger partial charge in [-0.1, -0.05) is 40.0 Å². The van der Waals surface area contributed by atoms with Crippen LogP contribution in [0.4, 0.5) is 0 Å². The zero-order valence-electron chi connectivity index (χ0n) is 13.0. The lowest BCUT2D eigenvalue weighted by Crippen LogP contribution is -2.35. The summed E-state index contributed by atoms with van der Waals surface area (Å²) in [6.07, 6.45) is 12.2. The third-order valence-corrected chi connectivity index (χ3v) is 5.70. The summed E-state index contributed by atoms with van der Waals surface area (Å²) in [6.45, 7) is 6.23. The minimum absolute atomic E-state index is 0.0252. The van der Waals surface area contributed by atoms with Crippen molar-refractivity contribution in [3.05, 3.63) is 0 Å². The molecule has 2 atom stereocenters. The zero-order chi connectivity index (χ0) is 13.9. The van der Waals surface area contributed by atoms with Crippen molar-refractivity contribution in [1.29, 1.82) is 0 Å². The van der Waals surface area contributed by atoms with Gasteiger partial charge in [-0.2, -0.15) is 0 Å². The molecule has 110 valence electrons. The van der Waals surface area contributed by atoms with Crippen molar-refractivity contribution in [2.24, 2.45) is 11.3 Å². The van der Waals surface area contributed by atoms with E-state index in [1.54, 1.807) is 0 Å². The Morgan fingerprint density at radius 2 is 1.79 bits per heavy atom. The van der Waals surface area contributed by atoms with Crippen molar-refractivity contribution in [2.45, 2.75) is 90.6 Å². The van der Waals surface area contributed by atoms with Gasteiger partial charge in [0.05, 0.1) is 5.92 Å². The molecule has 2 fully saturated rings. The highest BCUT2D eigenvalue weighted by molar-refractivity contribution is 5.72. The molecule has 0 saturated heterocycles. The van der Waals surface area contributed by atoms with Crippen molar-refractivity contribution in [1.82, 2.24) is 0 Å². The molecular formula is C17H30O2. The fourth-order valence-corrected chi connectivity index (χ4v) is 4.02. The van der Waals surface area contributed by atoms with Crippen molar-refractivity contribution in [2.75, 3.05) is 0 Å². The van der Waals surface area contributed by atoms with Crippen LogP contribution in [0.15, 0.2) is 0 Å². The van der Waals surface area contributed by atoms with Crippen LogP contribution in [0.25, 0.3) is 0 Å². The quantitative estimate of drug-likeness (QED) is 0.679. The van der Waals surface area contributed by atoms with Gasteiger partial charge < -0.3 is 4.74 Å². The summed E-state index contributed by atoms with van der Waals surface area (Å²) in [5.41, 5.74) is 0.363. The predicted octanol–water partition coefficient (Wildman–Crippen LogP) is 4.86. The first kappa shape index (κ1) is 14.9. The Labute approximate surface area is 118 Å². The second-order valence-electron chi connectivity index (χ2n) is 7.00. The van der Waals surface area contributed by atoms with Crippen molar-refractivity contribution in [3.63, 3.8) is 0 Å². The first-order valence-electron chi connectivity index (χ1n) is 8.28. The number of hydrogen-bond acceptors (Lipinski definition) is 2. The Bertz CT molecular complexity index is 317. The normalized spacial score (nSPS) is 31.3. The van der Waals surface area contributed by atoms with Gasteiger partial charge in [0.2, 0.25) is 0 Å². The van der Waals surface area contributed by atoms with Crippen LogP contribution >= 0.6 is 0 Å². The molecule has 0 N–H and O–H groups in total. The standard InChI is InChI=1S/C17H30O2/c1-4-14(3)15(18)19-17(5-2)12-11-16(13-17)9-7-6-8-10-16/h14H,4-13H2,1-3H3. The molecule has 2 saturated carbocycles. The van der Waals surface area contributed by atoms with E-state index in [2.05, 4.69) is 13.8 Å². The fourth-order valence-electron chi connectivity index (χ4n) is 4.02. The minimum atomic E-state index is -0.141. The van der Waals surface area contributed by atoms with Crippen molar-refractivity contribution < 1.29 is 9.53 Å². The summed E-state index contributed by atoms with van der Waals surface area (Å²) < 4.78 is 5.99. The van der Waals surface area contributed by atoms with Crippen LogP contribution in [-0.2, 0) is 9.53 Å². The van der Waals surface area contributed by atoms with E-state index in [1.165, 1.54) is 38.5 Å². The van der Waals surface area contributed by atoms with Crippen LogP contribution in [0, 0.1) is 11.3 Å². The Morgan fingerprint density at radius 3 is 2.37 bits per heavy atom. The smallest absolute Gasteiger partial charge is 0.309 e. The molecule has 2 heteroatoms. The second-order valence-corrected chi connectivity index (χ2v) is 7.00. The van der Waals surface area contributed by atoms with Crippen LogP contribution < -0.4 is 0 Å². The molecule has 2 nitrogen and oxygen atoms in total. The maximum absolute atomic E-state index is 12.1. The Balaban J connectivity index is 2.02. The summed E-state index contributed by atoms with van der Waals surface area (Å²) in [5, 5.41) is 0. The summed E-state index contributed by atoms with van der Waals surface area (Å²) in [4.78, 5) is 12.1. The van der Waals surface area contributed by atoms with E-state index in [0.717, 1.165) is 25.7 Å². The highest BCUT2D eigenvalue weighted by Gasteiger charge is 2.49. The topological polar surface area (TPSA) is 26.3 Å².